The van der Waals surface area contributed by atoms with Gasteiger partial charge in [0.2, 0.25) is 5.91 Å². The number of nitrogens with zero attached hydrogens (tertiary/aromatic N) is 2. The van der Waals surface area contributed by atoms with E-state index in [2.05, 4.69) is 5.10 Å². The average Bonchev–Trinajstić information content (AvgIpc) is 3.08. The Morgan fingerprint density at radius 3 is 2.59 bits per heavy atom. The first-order valence-corrected chi connectivity index (χ1v) is 8.97. The lowest BCUT2D eigenvalue weighted by Crippen LogP contribution is -2.24. The summed E-state index contributed by atoms with van der Waals surface area (Å²) in [6, 6.07) is 14.8. The summed E-state index contributed by atoms with van der Waals surface area (Å²) in [7, 11) is 0. The first-order chi connectivity index (χ1) is 13.0. The van der Waals surface area contributed by atoms with Gasteiger partial charge in [0, 0.05) is 25.0 Å². The largest absolute Gasteiger partial charge is 0.507 e. The van der Waals surface area contributed by atoms with E-state index in [0.29, 0.717) is 30.1 Å². The predicted octanol–water partition coefficient (Wildman–Crippen LogP) is 4.43. The van der Waals surface area contributed by atoms with Crippen molar-refractivity contribution in [2.75, 3.05) is 6.61 Å². The SMILES string of the molecule is CC(=O)N1N=C(c2ccc(OCC=C(C)C)cc2O)CC1c1ccccc1. The maximum Gasteiger partial charge on any atom is 0.240 e. The molecule has 27 heavy (non-hydrogen) atoms. The van der Waals surface area contributed by atoms with Gasteiger partial charge in [-0.15, -0.1) is 0 Å². The van der Waals surface area contributed by atoms with Crippen LogP contribution in [-0.2, 0) is 4.79 Å². The van der Waals surface area contributed by atoms with Crippen molar-refractivity contribution in [3.63, 3.8) is 0 Å². The number of benzene rings is 2. The van der Waals surface area contributed by atoms with Crippen LogP contribution in [0.25, 0.3) is 0 Å². The third kappa shape index (κ3) is 4.37. The number of aromatic hydroxyl groups is 1. The van der Waals surface area contributed by atoms with Crippen molar-refractivity contribution in [2.24, 2.45) is 5.10 Å². The van der Waals surface area contributed by atoms with E-state index in [4.69, 9.17) is 4.74 Å². The maximum atomic E-state index is 12.0. The van der Waals surface area contributed by atoms with Crippen molar-refractivity contribution in [2.45, 2.75) is 33.2 Å². The molecule has 1 heterocycles. The molecule has 0 saturated heterocycles. The molecule has 0 aliphatic carbocycles. The van der Waals surface area contributed by atoms with Crippen LogP contribution in [0.1, 0.15) is 44.4 Å². The smallest absolute Gasteiger partial charge is 0.240 e. The summed E-state index contributed by atoms with van der Waals surface area (Å²) in [4.78, 5) is 12.0. The Morgan fingerprint density at radius 2 is 1.96 bits per heavy atom. The summed E-state index contributed by atoms with van der Waals surface area (Å²) < 4.78 is 5.62. The molecule has 140 valence electrons. The Hall–Kier alpha value is -3.08. The minimum atomic E-state index is -0.160. The van der Waals surface area contributed by atoms with Gasteiger partial charge in [0.05, 0.1) is 11.8 Å². The van der Waals surface area contributed by atoms with E-state index < -0.39 is 0 Å². The Balaban J connectivity index is 1.82. The molecule has 1 N–H and O–H groups in total. The van der Waals surface area contributed by atoms with Gasteiger partial charge < -0.3 is 9.84 Å². The molecule has 0 saturated carbocycles. The summed E-state index contributed by atoms with van der Waals surface area (Å²) in [5.74, 6) is 0.566. The van der Waals surface area contributed by atoms with Crippen molar-refractivity contribution in [1.29, 1.82) is 0 Å². The normalized spacial score (nSPS) is 16.0. The number of carbonyl (C=O) groups excluding carboxylic acids is 1. The maximum absolute atomic E-state index is 12.0. The molecule has 0 bridgehead atoms. The summed E-state index contributed by atoms with van der Waals surface area (Å²) >= 11 is 0. The van der Waals surface area contributed by atoms with Crippen molar-refractivity contribution in [3.8, 4) is 11.5 Å². The number of ether oxygens (including phenoxy) is 1. The number of hydrogen-bond acceptors (Lipinski definition) is 4. The van der Waals surface area contributed by atoms with E-state index in [9.17, 15) is 9.90 Å². The molecular formula is C22H24N2O3. The van der Waals surface area contributed by atoms with Crippen LogP contribution in [0.15, 0.2) is 65.3 Å². The summed E-state index contributed by atoms with van der Waals surface area (Å²) in [5.41, 5.74) is 3.50. The monoisotopic (exact) mass is 364 g/mol. The Kier molecular flexibility index (Phi) is 5.60. The van der Waals surface area contributed by atoms with Gasteiger partial charge in [0.1, 0.15) is 18.1 Å². The Labute approximate surface area is 159 Å². The van der Waals surface area contributed by atoms with E-state index in [-0.39, 0.29) is 17.7 Å². The molecule has 0 radical (unpaired) electrons. The van der Waals surface area contributed by atoms with E-state index in [1.807, 2.05) is 56.3 Å². The van der Waals surface area contributed by atoms with E-state index in [1.165, 1.54) is 17.5 Å². The molecule has 0 fully saturated rings. The highest BCUT2D eigenvalue weighted by Gasteiger charge is 2.32. The topological polar surface area (TPSA) is 62.1 Å². The number of amides is 1. The van der Waals surface area contributed by atoms with Crippen molar-refractivity contribution >= 4 is 11.6 Å². The first kappa shape index (κ1) is 18.7. The third-order valence-electron chi connectivity index (χ3n) is 4.44. The number of hydrogen-bond donors (Lipinski definition) is 1. The minimum Gasteiger partial charge on any atom is -0.507 e. The molecule has 1 aliphatic rings. The van der Waals surface area contributed by atoms with Crippen molar-refractivity contribution in [1.82, 2.24) is 5.01 Å². The number of phenolic OH excluding ortho intramolecular Hbond substituents is 1. The fourth-order valence-corrected chi connectivity index (χ4v) is 3.05. The molecule has 0 spiro atoms. The summed E-state index contributed by atoms with van der Waals surface area (Å²) in [6.45, 7) is 5.97. The molecule has 1 atom stereocenters. The average molecular weight is 364 g/mol. The fourth-order valence-electron chi connectivity index (χ4n) is 3.05. The highest BCUT2D eigenvalue weighted by Crippen LogP contribution is 2.35. The zero-order valence-electron chi connectivity index (χ0n) is 15.8. The number of carbonyl (C=O) groups is 1. The van der Waals surface area contributed by atoms with Crippen LogP contribution in [0.5, 0.6) is 11.5 Å². The van der Waals surface area contributed by atoms with Crippen LogP contribution >= 0.6 is 0 Å². The van der Waals surface area contributed by atoms with Gasteiger partial charge in [0.25, 0.3) is 0 Å². The van der Waals surface area contributed by atoms with Gasteiger partial charge in [0.15, 0.2) is 0 Å². The minimum absolute atomic E-state index is 0.0978. The second kappa shape index (κ2) is 8.08. The van der Waals surface area contributed by atoms with Crippen LogP contribution < -0.4 is 4.74 Å². The third-order valence-corrected chi connectivity index (χ3v) is 4.44. The van der Waals surface area contributed by atoms with Crippen LogP contribution in [-0.4, -0.2) is 28.3 Å². The van der Waals surface area contributed by atoms with Crippen LogP contribution in [0.2, 0.25) is 0 Å². The molecule has 5 nitrogen and oxygen atoms in total. The van der Waals surface area contributed by atoms with Gasteiger partial charge >= 0.3 is 0 Å². The predicted molar refractivity (Wildman–Crippen MR) is 106 cm³/mol. The molecule has 3 rings (SSSR count). The van der Waals surface area contributed by atoms with Gasteiger partial charge in [-0.1, -0.05) is 35.9 Å². The van der Waals surface area contributed by atoms with Gasteiger partial charge in [-0.05, 0) is 37.6 Å². The highest BCUT2D eigenvalue weighted by molar-refractivity contribution is 6.05. The molecule has 5 heteroatoms. The van der Waals surface area contributed by atoms with Crippen molar-refractivity contribution < 1.29 is 14.6 Å². The Bertz CT molecular complexity index is 884. The van der Waals surface area contributed by atoms with E-state index in [0.717, 1.165) is 5.56 Å². The number of hydrazone groups is 1. The molecular weight excluding hydrogens is 340 g/mol. The van der Waals surface area contributed by atoms with E-state index in [1.54, 1.807) is 12.1 Å². The zero-order valence-corrected chi connectivity index (χ0v) is 15.8. The fraction of sp³-hybridized carbons (Fsp3) is 0.273. The van der Waals surface area contributed by atoms with E-state index >= 15 is 0 Å². The lowest BCUT2D eigenvalue weighted by atomic mass is 9.98. The van der Waals surface area contributed by atoms with Crippen LogP contribution in [0.3, 0.4) is 0 Å². The van der Waals surface area contributed by atoms with Gasteiger partial charge in [-0.25, -0.2) is 5.01 Å². The molecule has 0 aromatic heterocycles. The quantitative estimate of drug-likeness (QED) is 0.798. The second-order valence-electron chi connectivity index (χ2n) is 6.81. The molecule has 1 aliphatic heterocycles. The number of allylic oxidation sites excluding steroid dienone is 1. The second-order valence-corrected chi connectivity index (χ2v) is 6.81. The summed E-state index contributed by atoms with van der Waals surface area (Å²) in [6.07, 6.45) is 2.52. The summed E-state index contributed by atoms with van der Waals surface area (Å²) in [5, 5.41) is 16.4. The molecule has 1 amide bonds. The molecule has 2 aromatic carbocycles. The number of rotatable bonds is 5. The van der Waals surface area contributed by atoms with Gasteiger partial charge in [-0.3, -0.25) is 4.79 Å². The van der Waals surface area contributed by atoms with Crippen LogP contribution in [0, 0.1) is 0 Å². The number of phenols is 1. The van der Waals surface area contributed by atoms with Crippen LogP contribution in [0.4, 0.5) is 0 Å². The van der Waals surface area contributed by atoms with Crippen molar-refractivity contribution in [3.05, 3.63) is 71.3 Å². The highest BCUT2D eigenvalue weighted by atomic mass is 16.5. The van der Waals surface area contributed by atoms with Gasteiger partial charge in [-0.2, -0.15) is 5.10 Å². The zero-order chi connectivity index (χ0) is 19.4. The first-order valence-electron chi connectivity index (χ1n) is 8.97. The molecule has 2 aromatic rings. The Morgan fingerprint density at radius 1 is 1.22 bits per heavy atom. The standard InChI is InChI=1S/C22H24N2O3/c1-15(2)11-12-27-18-9-10-19(22(26)13-18)20-14-21(24(23-20)16(3)25)17-7-5-4-6-8-17/h4-11,13,21,26H,12,14H2,1-3H3. The lowest BCUT2D eigenvalue weighted by Gasteiger charge is -2.20. The molecule has 1 unspecified atom stereocenters. The lowest BCUT2D eigenvalue weighted by molar-refractivity contribution is -0.130.